The molecule has 0 spiro atoms. The number of hydrogen-bond acceptors (Lipinski definition) is 4. The Morgan fingerprint density at radius 2 is 1.97 bits per heavy atom. The first-order valence-corrected chi connectivity index (χ1v) is 11.3. The molecule has 1 N–H and O–H groups in total. The van der Waals surface area contributed by atoms with Gasteiger partial charge in [0.15, 0.2) is 0 Å². The molecular weight excluding hydrogens is 435 g/mol. The van der Waals surface area contributed by atoms with Crippen LogP contribution in [0.1, 0.15) is 18.4 Å². The second-order valence-corrected chi connectivity index (χ2v) is 9.73. The van der Waals surface area contributed by atoms with Crippen molar-refractivity contribution in [2.75, 3.05) is 25.5 Å². The monoisotopic (exact) mass is 456 g/mol. The Kier molecular flexibility index (Phi) is 6.73. The van der Waals surface area contributed by atoms with Crippen LogP contribution in [0.2, 0.25) is 10.0 Å². The highest BCUT2D eigenvalue weighted by atomic mass is 35.5. The molecule has 6 nitrogen and oxygen atoms in total. The first kappa shape index (κ1) is 21.9. The molecular formula is C20H22Cl2N2O4S. The minimum Gasteiger partial charge on any atom is -0.496 e. The second-order valence-electron chi connectivity index (χ2n) is 6.95. The number of ether oxygens (including phenoxy) is 1. The van der Waals surface area contributed by atoms with Crippen LogP contribution in [0, 0.1) is 12.8 Å². The number of rotatable bonds is 5. The molecule has 1 amide bonds. The maximum atomic E-state index is 13.1. The lowest BCUT2D eigenvalue weighted by Gasteiger charge is -2.31. The van der Waals surface area contributed by atoms with Crippen molar-refractivity contribution in [2.45, 2.75) is 24.7 Å². The number of carbonyl (C=O) groups excluding carboxylic acids is 1. The molecule has 0 saturated carbocycles. The van der Waals surface area contributed by atoms with E-state index in [0.717, 1.165) is 5.56 Å². The van der Waals surface area contributed by atoms with Crippen molar-refractivity contribution in [3.8, 4) is 5.75 Å². The van der Waals surface area contributed by atoms with Gasteiger partial charge in [-0.25, -0.2) is 8.42 Å². The average Bonchev–Trinajstić information content (AvgIpc) is 2.70. The van der Waals surface area contributed by atoms with Gasteiger partial charge < -0.3 is 10.1 Å². The Morgan fingerprint density at radius 1 is 1.21 bits per heavy atom. The van der Waals surface area contributed by atoms with Crippen LogP contribution in [0.3, 0.4) is 0 Å². The largest absolute Gasteiger partial charge is 0.496 e. The molecule has 0 bridgehead atoms. The van der Waals surface area contributed by atoms with E-state index in [-0.39, 0.29) is 17.3 Å². The summed E-state index contributed by atoms with van der Waals surface area (Å²) in [6.07, 6.45) is 1.20. The molecule has 1 fully saturated rings. The van der Waals surface area contributed by atoms with Crippen LogP contribution in [0.25, 0.3) is 0 Å². The van der Waals surface area contributed by atoms with Crippen LogP contribution < -0.4 is 10.1 Å². The van der Waals surface area contributed by atoms with Gasteiger partial charge in [-0.3, -0.25) is 4.79 Å². The summed E-state index contributed by atoms with van der Waals surface area (Å²) in [6, 6.07) is 9.55. The van der Waals surface area contributed by atoms with Crippen LogP contribution in [0.4, 0.5) is 5.69 Å². The molecule has 1 atom stereocenters. The molecule has 156 valence electrons. The number of methoxy groups -OCH3 is 1. The SMILES string of the molecule is COc1ccc(S(=O)(=O)N2CCCC(C(=O)Nc3ccc(Cl)cc3Cl)C2)cc1C. The summed E-state index contributed by atoms with van der Waals surface area (Å²) in [6.45, 7) is 2.28. The van der Waals surface area contributed by atoms with E-state index >= 15 is 0 Å². The first-order chi connectivity index (χ1) is 13.7. The number of carbonyl (C=O) groups is 1. The number of nitrogens with zero attached hydrogens (tertiary/aromatic N) is 1. The summed E-state index contributed by atoms with van der Waals surface area (Å²) in [5.41, 5.74) is 1.18. The Morgan fingerprint density at radius 3 is 2.62 bits per heavy atom. The normalized spacial score (nSPS) is 17.7. The van der Waals surface area contributed by atoms with Crippen LogP contribution in [0.5, 0.6) is 5.75 Å². The first-order valence-electron chi connectivity index (χ1n) is 9.13. The molecule has 29 heavy (non-hydrogen) atoms. The molecule has 1 aliphatic rings. The lowest BCUT2D eigenvalue weighted by molar-refractivity contribution is -0.120. The molecule has 1 unspecified atom stereocenters. The lowest BCUT2D eigenvalue weighted by Crippen LogP contribution is -2.43. The molecule has 0 aliphatic carbocycles. The van der Waals surface area contributed by atoms with Gasteiger partial charge in [0.05, 0.1) is 28.6 Å². The highest BCUT2D eigenvalue weighted by Crippen LogP contribution is 2.29. The number of piperidine rings is 1. The number of amides is 1. The predicted octanol–water partition coefficient (Wildman–Crippen LogP) is 4.35. The quantitative estimate of drug-likeness (QED) is 0.725. The van der Waals surface area contributed by atoms with Crippen molar-refractivity contribution in [1.82, 2.24) is 4.31 Å². The third-order valence-electron chi connectivity index (χ3n) is 4.95. The minimum atomic E-state index is -3.71. The van der Waals surface area contributed by atoms with Gasteiger partial charge in [-0.05, 0) is 61.7 Å². The maximum absolute atomic E-state index is 13.1. The van der Waals surface area contributed by atoms with Gasteiger partial charge in [0.2, 0.25) is 15.9 Å². The fourth-order valence-corrected chi connectivity index (χ4v) is 5.43. The van der Waals surface area contributed by atoms with E-state index in [0.29, 0.717) is 40.9 Å². The van der Waals surface area contributed by atoms with Crippen LogP contribution in [-0.2, 0) is 14.8 Å². The van der Waals surface area contributed by atoms with Gasteiger partial charge in [-0.2, -0.15) is 4.31 Å². The number of hydrogen-bond donors (Lipinski definition) is 1. The molecule has 1 saturated heterocycles. The van der Waals surface area contributed by atoms with Gasteiger partial charge in [0.25, 0.3) is 0 Å². The number of aryl methyl sites for hydroxylation is 1. The summed E-state index contributed by atoms with van der Waals surface area (Å²) in [4.78, 5) is 12.9. The van der Waals surface area contributed by atoms with Gasteiger partial charge in [-0.15, -0.1) is 0 Å². The third kappa shape index (κ3) is 4.86. The zero-order valence-electron chi connectivity index (χ0n) is 16.1. The Labute approximate surface area is 180 Å². The lowest BCUT2D eigenvalue weighted by atomic mass is 9.99. The average molecular weight is 457 g/mol. The number of benzene rings is 2. The van der Waals surface area contributed by atoms with Crippen molar-refractivity contribution in [2.24, 2.45) is 5.92 Å². The van der Waals surface area contributed by atoms with E-state index in [1.807, 2.05) is 0 Å². The molecule has 9 heteroatoms. The van der Waals surface area contributed by atoms with Crippen LogP contribution in [-0.4, -0.2) is 38.8 Å². The van der Waals surface area contributed by atoms with E-state index < -0.39 is 15.9 Å². The van der Waals surface area contributed by atoms with E-state index in [4.69, 9.17) is 27.9 Å². The summed E-state index contributed by atoms with van der Waals surface area (Å²) in [5, 5.41) is 3.58. The number of nitrogens with one attached hydrogen (secondary N) is 1. The number of anilines is 1. The summed E-state index contributed by atoms with van der Waals surface area (Å²) in [7, 11) is -2.17. The van der Waals surface area contributed by atoms with Crippen LogP contribution >= 0.6 is 23.2 Å². The molecule has 0 aromatic heterocycles. The topological polar surface area (TPSA) is 75.7 Å². The molecule has 2 aromatic rings. The highest BCUT2D eigenvalue weighted by Gasteiger charge is 2.33. The fraction of sp³-hybridized carbons (Fsp3) is 0.350. The van der Waals surface area contributed by atoms with E-state index in [1.165, 1.54) is 17.5 Å². The van der Waals surface area contributed by atoms with E-state index in [2.05, 4.69) is 5.32 Å². The second kappa shape index (κ2) is 8.92. The molecule has 2 aromatic carbocycles. The summed E-state index contributed by atoms with van der Waals surface area (Å²) in [5.74, 6) is -0.107. The Bertz CT molecular complexity index is 1030. The van der Waals surface area contributed by atoms with E-state index in [1.54, 1.807) is 37.3 Å². The van der Waals surface area contributed by atoms with Gasteiger partial charge in [-0.1, -0.05) is 23.2 Å². The van der Waals surface area contributed by atoms with Crippen molar-refractivity contribution >= 4 is 44.8 Å². The van der Waals surface area contributed by atoms with Crippen molar-refractivity contribution < 1.29 is 17.9 Å². The molecule has 3 rings (SSSR count). The smallest absolute Gasteiger partial charge is 0.243 e. The number of sulfonamides is 1. The maximum Gasteiger partial charge on any atom is 0.243 e. The Balaban J connectivity index is 1.75. The highest BCUT2D eigenvalue weighted by molar-refractivity contribution is 7.89. The Hall–Kier alpha value is -1.80. The standard InChI is InChI=1S/C20H22Cl2N2O4S/c1-13-10-16(6-8-19(13)28-2)29(26,27)24-9-3-4-14(12-24)20(25)23-18-7-5-15(21)11-17(18)22/h5-8,10-11,14H,3-4,9,12H2,1-2H3,(H,23,25). The minimum absolute atomic E-state index is 0.116. The molecule has 1 aliphatic heterocycles. The fourth-order valence-electron chi connectivity index (χ4n) is 3.36. The predicted molar refractivity (Wildman–Crippen MR) is 114 cm³/mol. The van der Waals surface area contributed by atoms with Crippen LogP contribution in [0.15, 0.2) is 41.3 Å². The van der Waals surface area contributed by atoms with Gasteiger partial charge >= 0.3 is 0 Å². The third-order valence-corrected chi connectivity index (χ3v) is 7.36. The number of halogens is 2. The van der Waals surface area contributed by atoms with Gasteiger partial charge in [0, 0.05) is 18.1 Å². The zero-order valence-corrected chi connectivity index (χ0v) is 18.4. The van der Waals surface area contributed by atoms with E-state index in [9.17, 15) is 13.2 Å². The van der Waals surface area contributed by atoms with Crippen molar-refractivity contribution in [3.05, 3.63) is 52.0 Å². The summed E-state index contributed by atoms with van der Waals surface area (Å²) < 4.78 is 32.7. The molecule has 0 radical (unpaired) electrons. The molecule has 1 heterocycles. The summed E-state index contributed by atoms with van der Waals surface area (Å²) >= 11 is 12.0. The van der Waals surface area contributed by atoms with Crippen molar-refractivity contribution in [1.29, 1.82) is 0 Å². The van der Waals surface area contributed by atoms with Crippen molar-refractivity contribution in [3.63, 3.8) is 0 Å². The van der Waals surface area contributed by atoms with Gasteiger partial charge in [0.1, 0.15) is 5.75 Å². The zero-order chi connectivity index (χ0) is 21.2.